The number of hydrogen-bond acceptors (Lipinski definition) is 8. The number of anilines is 1. The van der Waals surface area contributed by atoms with Crippen LogP contribution in [-0.2, 0) is 19.0 Å². The van der Waals surface area contributed by atoms with Crippen LogP contribution in [0.5, 0.6) is 0 Å². The van der Waals surface area contributed by atoms with Gasteiger partial charge in [0.2, 0.25) is 0 Å². The molecule has 2 aromatic heterocycles. The fraction of sp³-hybridized carbons (Fsp3) is 0.348. The van der Waals surface area contributed by atoms with E-state index >= 15 is 0 Å². The predicted octanol–water partition coefficient (Wildman–Crippen LogP) is 2.26. The highest BCUT2D eigenvalue weighted by Gasteiger charge is 2.43. The van der Waals surface area contributed by atoms with Crippen molar-refractivity contribution in [1.82, 2.24) is 24.8 Å². The van der Waals surface area contributed by atoms with Crippen molar-refractivity contribution < 1.29 is 28.9 Å². The number of carboxylic acids is 1. The molecule has 2 amide bonds. The summed E-state index contributed by atoms with van der Waals surface area (Å²) in [5, 5.41) is 14.4. The predicted molar refractivity (Wildman–Crippen MR) is 124 cm³/mol. The molecule has 2 fully saturated rings. The smallest absolute Gasteiger partial charge is 0.320 e. The molecule has 12 heteroatoms. The number of carboxylic acid groups (broad SMARTS) is 1. The SMILES string of the molecule is CCNC(=O)Nc1ncnc2c1ncn2-c1ccc(C2OCC3OCOC32)cc1C=CCC(=O)O. The lowest BCUT2D eigenvalue weighted by atomic mass is 9.99. The van der Waals surface area contributed by atoms with Crippen LogP contribution in [0.1, 0.15) is 30.6 Å². The molecule has 0 aliphatic carbocycles. The quantitative estimate of drug-likeness (QED) is 0.463. The second-order valence-corrected chi connectivity index (χ2v) is 8.02. The Morgan fingerprint density at radius 1 is 1.23 bits per heavy atom. The summed E-state index contributed by atoms with van der Waals surface area (Å²) in [6.45, 7) is 2.98. The van der Waals surface area contributed by atoms with Crippen molar-refractivity contribution in [3.8, 4) is 5.69 Å². The van der Waals surface area contributed by atoms with Crippen LogP contribution >= 0.6 is 0 Å². The minimum atomic E-state index is -0.931. The van der Waals surface area contributed by atoms with E-state index in [2.05, 4.69) is 25.6 Å². The molecule has 5 rings (SSSR count). The Morgan fingerprint density at radius 3 is 2.94 bits per heavy atom. The molecule has 3 unspecified atom stereocenters. The average molecular weight is 480 g/mol. The highest BCUT2D eigenvalue weighted by Crippen LogP contribution is 2.37. The number of aliphatic carboxylic acids is 1. The van der Waals surface area contributed by atoms with Gasteiger partial charge in [-0.25, -0.2) is 19.7 Å². The molecule has 0 spiro atoms. The molecule has 0 saturated carbocycles. The van der Waals surface area contributed by atoms with Gasteiger partial charge in [-0.15, -0.1) is 0 Å². The Balaban J connectivity index is 1.54. The van der Waals surface area contributed by atoms with Crippen LogP contribution in [0.15, 0.2) is 36.9 Å². The van der Waals surface area contributed by atoms with E-state index < -0.39 is 12.0 Å². The number of hydrogen-bond donors (Lipinski definition) is 3. The zero-order valence-corrected chi connectivity index (χ0v) is 18.9. The van der Waals surface area contributed by atoms with Crippen molar-refractivity contribution in [2.75, 3.05) is 25.3 Å². The maximum Gasteiger partial charge on any atom is 0.320 e. The van der Waals surface area contributed by atoms with Gasteiger partial charge in [0.1, 0.15) is 37.8 Å². The zero-order chi connectivity index (χ0) is 24.4. The third-order valence-electron chi connectivity index (χ3n) is 5.78. The Kier molecular flexibility index (Phi) is 6.40. The summed E-state index contributed by atoms with van der Waals surface area (Å²) < 4.78 is 18.9. The van der Waals surface area contributed by atoms with E-state index in [1.165, 1.54) is 6.33 Å². The molecular weight excluding hydrogens is 456 g/mol. The summed E-state index contributed by atoms with van der Waals surface area (Å²) in [6, 6.07) is 5.36. The van der Waals surface area contributed by atoms with Crippen LogP contribution in [0.25, 0.3) is 22.9 Å². The van der Waals surface area contributed by atoms with Gasteiger partial charge in [0.15, 0.2) is 17.0 Å². The zero-order valence-electron chi connectivity index (χ0n) is 18.9. The van der Waals surface area contributed by atoms with Crippen molar-refractivity contribution >= 4 is 35.1 Å². The summed E-state index contributed by atoms with van der Waals surface area (Å²) in [5.74, 6) is -0.651. The van der Waals surface area contributed by atoms with Crippen molar-refractivity contribution in [1.29, 1.82) is 0 Å². The molecule has 0 bridgehead atoms. The van der Waals surface area contributed by atoms with Crippen LogP contribution in [0.2, 0.25) is 0 Å². The van der Waals surface area contributed by atoms with Crippen molar-refractivity contribution in [2.24, 2.45) is 0 Å². The lowest BCUT2D eigenvalue weighted by molar-refractivity contribution is -0.135. The van der Waals surface area contributed by atoms with Gasteiger partial charge in [0.25, 0.3) is 0 Å². The first-order chi connectivity index (χ1) is 17.0. The van der Waals surface area contributed by atoms with Crippen LogP contribution < -0.4 is 10.6 Å². The maximum atomic E-state index is 12.0. The van der Waals surface area contributed by atoms with Gasteiger partial charge >= 0.3 is 12.0 Å². The van der Waals surface area contributed by atoms with Gasteiger partial charge in [-0.1, -0.05) is 18.2 Å². The summed E-state index contributed by atoms with van der Waals surface area (Å²) >= 11 is 0. The van der Waals surface area contributed by atoms with E-state index in [4.69, 9.17) is 19.3 Å². The third-order valence-corrected chi connectivity index (χ3v) is 5.78. The molecule has 4 heterocycles. The van der Waals surface area contributed by atoms with E-state index in [1.807, 2.05) is 25.1 Å². The van der Waals surface area contributed by atoms with Crippen molar-refractivity contribution in [2.45, 2.75) is 31.7 Å². The minimum absolute atomic E-state index is 0.101. The molecule has 2 aliphatic heterocycles. The van der Waals surface area contributed by atoms with Gasteiger partial charge < -0.3 is 24.6 Å². The highest BCUT2D eigenvalue weighted by atomic mass is 16.7. The molecule has 35 heavy (non-hydrogen) atoms. The van der Waals surface area contributed by atoms with E-state index in [9.17, 15) is 9.59 Å². The number of nitrogens with zero attached hydrogens (tertiary/aromatic N) is 4. The number of amides is 2. The van der Waals surface area contributed by atoms with Crippen LogP contribution in [0.4, 0.5) is 10.6 Å². The summed E-state index contributed by atoms with van der Waals surface area (Å²) in [4.78, 5) is 36.0. The number of nitrogens with one attached hydrogen (secondary N) is 2. The third kappa shape index (κ3) is 4.58. The molecule has 2 aliphatic rings. The van der Waals surface area contributed by atoms with E-state index in [0.29, 0.717) is 24.3 Å². The Labute approximate surface area is 199 Å². The molecule has 182 valence electrons. The maximum absolute atomic E-state index is 12.0. The van der Waals surface area contributed by atoms with Gasteiger partial charge in [-0.2, -0.15) is 0 Å². The topological polar surface area (TPSA) is 150 Å². The van der Waals surface area contributed by atoms with Gasteiger partial charge in [-0.3, -0.25) is 14.7 Å². The number of urea groups is 1. The fourth-order valence-electron chi connectivity index (χ4n) is 4.22. The van der Waals surface area contributed by atoms with E-state index in [-0.39, 0.29) is 37.3 Å². The van der Waals surface area contributed by atoms with E-state index in [0.717, 1.165) is 16.8 Å². The summed E-state index contributed by atoms with van der Waals surface area (Å²) in [6.07, 6.45) is 5.54. The number of ether oxygens (including phenoxy) is 3. The number of carbonyl (C=O) groups excluding carboxylic acids is 1. The highest BCUT2D eigenvalue weighted by molar-refractivity contribution is 5.96. The molecule has 0 radical (unpaired) electrons. The number of aromatic nitrogens is 4. The lowest BCUT2D eigenvalue weighted by Gasteiger charge is -2.18. The largest absolute Gasteiger partial charge is 0.481 e. The Hall–Kier alpha value is -3.87. The Bertz CT molecular complexity index is 1290. The number of fused-ring (bicyclic) bond motifs is 2. The first kappa shape index (κ1) is 22.9. The first-order valence-corrected chi connectivity index (χ1v) is 11.2. The normalized spacial score (nSPS) is 21.5. The molecule has 2 saturated heterocycles. The monoisotopic (exact) mass is 480 g/mol. The summed E-state index contributed by atoms with van der Waals surface area (Å²) in [7, 11) is 0. The van der Waals surface area contributed by atoms with E-state index in [1.54, 1.807) is 23.0 Å². The second kappa shape index (κ2) is 9.78. The second-order valence-electron chi connectivity index (χ2n) is 8.02. The molecule has 1 aromatic carbocycles. The molecule has 3 N–H and O–H groups in total. The number of imidazole rings is 1. The first-order valence-electron chi connectivity index (χ1n) is 11.2. The standard InChI is InChI=1S/C23H24N6O6/c1-2-24-23(32)28-21-18-22(26-10-25-21)29(11-27-18)15-7-6-14(8-13(15)4-3-5-17(30)31)19-20-16(9-33-19)34-12-35-20/h3-4,6-8,10-11,16,19-20H,2,5,9,12H2,1H3,(H,30,31)(H2,24,25,26,28,32). The number of carbonyl (C=O) groups is 2. The minimum Gasteiger partial charge on any atom is -0.481 e. The Morgan fingerprint density at radius 2 is 2.11 bits per heavy atom. The number of benzene rings is 1. The van der Waals surface area contributed by atoms with Gasteiger partial charge in [0.05, 0.1) is 18.7 Å². The van der Waals surface area contributed by atoms with Crippen molar-refractivity contribution in [3.63, 3.8) is 0 Å². The van der Waals surface area contributed by atoms with Crippen LogP contribution in [0.3, 0.4) is 0 Å². The number of rotatable bonds is 7. The average Bonchev–Trinajstić information content (AvgIpc) is 3.55. The van der Waals surface area contributed by atoms with Crippen LogP contribution in [0, 0.1) is 0 Å². The molecule has 3 aromatic rings. The summed E-state index contributed by atoms with van der Waals surface area (Å²) in [5.41, 5.74) is 3.25. The van der Waals surface area contributed by atoms with Crippen LogP contribution in [-0.4, -0.2) is 68.8 Å². The molecular formula is C23H24N6O6. The molecule has 3 atom stereocenters. The fourth-order valence-corrected chi connectivity index (χ4v) is 4.22. The van der Waals surface area contributed by atoms with Gasteiger partial charge in [-0.05, 0) is 30.2 Å². The molecule has 12 nitrogen and oxygen atoms in total. The van der Waals surface area contributed by atoms with Crippen molar-refractivity contribution in [3.05, 3.63) is 48.1 Å². The lowest BCUT2D eigenvalue weighted by Crippen LogP contribution is -2.28. The van der Waals surface area contributed by atoms with Gasteiger partial charge in [0, 0.05) is 6.54 Å².